The molecule has 0 radical (unpaired) electrons. The SMILES string of the molecule is CCOC(=O)c1ccnc(NC2CCN(C)CC2)n1. The number of ether oxygens (including phenoxy) is 1. The second-order valence-electron chi connectivity index (χ2n) is 4.71. The molecule has 1 saturated heterocycles. The number of likely N-dealkylation sites (tertiary alicyclic amines) is 1. The van der Waals surface area contributed by atoms with Gasteiger partial charge in [-0.05, 0) is 46.0 Å². The van der Waals surface area contributed by atoms with Crippen molar-refractivity contribution < 1.29 is 9.53 Å². The normalized spacial score (nSPS) is 17.2. The predicted molar refractivity (Wildman–Crippen MR) is 72.1 cm³/mol. The van der Waals surface area contributed by atoms with Gasteiger partial charge in [-0.1, -0.05) is 0 Å². The van der Waals surface area contributed by atoms with E-state index in [1.807, 2.05) is 0 Å². The largest absolute Gasteiger partial charge is 0.461 e. The first-order valence-electron chi connectivity index (χ1n) is 6.64. The zero-order chi connectivity index (χ0) is 13.7. The fourth-order valence-electron chi connectivity index (χ4n) is 2.08. The maximum absolute atomic E-state index is 11.6. The number of carbonyl (C=O) groups excluding carboxylic acids is 1. The Kier molecular flexibility index (Phi) is 4.68. The van der Waals surface area contributed by atoms with Crippen LogP contribution in [0.4, 0.5) is 5.95 Å². The third kappa shape index (κ3) is 3.89. The summed E-state index contributed by atoms with van der Waals surface area (Å²) in [6.45, 7) is 4.25. The Labute approximate surface area is 113 Å². The van der Waals surface area contributed by atoms with Crippen LogP contribution in [0.15, 0.2) is 12.3 Å². The summed E-state index contributed by atoms with van der Waals surface area (Å²) in [6, 6.07) is 1.94. The molecule has 2 heterocycles. The molecule has 1 N–H and O–H groups in total. The average molecular weight is 264 g/mol. The number of aromatic nitrogens is 2. The zero-order valence-electron chi connectivity index (χ0n) is 11.4. The maximum atomic E-state index is 11.6. The first-order valence-corrected chi connectivity index (χ1v) is 6.64. The molecule has 0 amide bonds. The van der Waals surface area contributed by atoms with Gasteiger partial charge in [0.1, 0.15) is 0 Å². The second-order valence-corrected chi connectivity index (χ2v) is 4.71. The lowest BCUT2D eigenvalue weighted by molar-refractivity contribution is 0.0519. The van der Waals surface area contributed by atoms with E-state index in [-0.39, 0.29) is 0 Å². The van der Waals surface area contributed by atoms with Gasteiger partial charge in [-0.15, -0.1) is 0 Å². The summed E-state index contributed by atoms with van der Waals surface area (Å²) in [5.74, 6) is 0.0939. The monoisotopic (exact) mass is 264 g/mol. The fraction of sp³-hybridized carbons (Fsp3) is 0.615. The molecule has 0 aliphatic carbocycles. The van der Waals surface area contributed by atoms with Crippen LogP contribution < -0.4 is 5.32 Å². The van der Waals surface area contributed by atoms with Crippen LogP contribution in [0, 0.1) is 0 Å². The molecule has 0 unspecified atom stereocenters. The Morgan fingerprint density at radius 3 is 2.95 bits per heavy atom. The summed E-state index contributed by atoms with van der Waals surface area (Å²) in [6.07, 6.45) is 3.70. The summed E-state index contributed by atoms with van der Waals surface area (Å²) in [7, 11) is 2.12. The predicted octanol–water partition coefficient (Wildman–Crippen LogP) is 1.16. The minimum absolute atomic E-state index is 0.298. The van der Waals surface area contributed by atoms with Gasteiger partial charge in [0.25, 0.3) is 0 Å². The molecule has 19 heavy (non-hydrogen) atoms. The van der Waals surface area contributed by atoms with Crippen LogP contribution in [0.3, 0.4) is 0 Å². The van der Waals surface area contributed by atoms with Crippen molar-refractivity contribution in [2.75, 3.05) is 32.1 Å². The second kappa shape index (κ2) is 6.47. The third-order valence-electron chi connectivity index (χ3n) is 3.19. The van der Waals surface area contributed by atoms with Gasteiger partial charge >= 0.3 is 5.97 Å². The number of nitrogens with zero attached hydrogens (tertiary/aromatic N) is 3. The van der Waals surface area contributed by atoms with Crippen LogP contribution in [-0.2, 0) is 4.74 Å². The number of hydrogen-bond acceptors (Lipinski definition) is 6. The van der Waals surface area contributed by atoms with Crippen molar-refractivity contribution in [1.29, 1.82) is 0 Å². The van der Waals surface area contributed by atoms with Gasteiger partial charge in [-0.25, -0.2) is 14.8 Å². The van der Waals surface area contributed by atoms with Crippen molar-refractivity contribution >= 4 is 11.9 Å². The first kappa shape index (κ1) is 13.7. The van der Waals surface area contributed by atoms with Crippen molar-refractivity contribution in [3.8, 4) is 0 Å². The Balaban J connectivity index is 1.97. The molecule has 1 aliphatic heterocycles. The number of piperidine rings is 1. The molecule has 1 fully saturated rings. The van der Waals surface area contributed by atoms with Gasteiger partial charge < -0.3 is 15.0 Å². The molecule has 0 bridgehead atoms. The highest BCUT2D eigenvalue weighted by Gasteiger charge is 2.18. The molecule has 2 rings (SSSR count). The highest BCUT2D eigenvalue weighted by Crippen LogP contribution is 2.13. The van der Waals surface area contributed by atoms with Gasteiger partial charge in [0.2, 0.25) is 5.95 Å². The van der Waals surface area contributed by atoms with E-state index in [0.717, 1.165) is 25.9 Å². The molecule has 6 nitrogen and oxygen atoms in total. The highest BCUT2D eigenvalue weighted by molar-refractivity contribution is 5.87. The minimum Gasteiger partial charge on any atom is -0.461 e. The first-order chi connectivity index (χ1) is 9.19. The van der Waals surface area contributed by atoms with E-state index in [9.17, 15) is 4.79 Å². The Bertz CT molecular complexity index is 430. The van der Waals surface area contributed by atoms with E-state index in [1.165, 1.54) is 0 Å². The van der Waals surface area contributed by atoms with Gasteiger partial charge in [0.05, 0.1) is 6.61 Å². The van der Waals surface area contributed by atoms with Crippen molar-refractivity contribution in [2.24, 2.45) is 0 Å². The quantitative estimate of drug-likeness (QED) is 0.823. The van der Waals surface area contributed by atoms with E-state index in [0.29, 0.717) is 24.3 Å². The van der Waals surface area contributed by atoms with Gasteiger partial charge in [0, 0.05) is 12.2 Å². The van der Waals surface area contributed by atoms with Crippen LogP contribution in [0.1, 0.15) is 30.3 Å². The molecular formula is C13H20N4O2. The number of esters is 1. The molecule has 1 aromatic heterocycles. The number of rotatable bonds is 4. The summed E-state index contributed by atoms with van der Waals surface area (Å²) in [5.41, 5.74) is 0.298. The zero-order valence-corrected chi connectivity index (χ0v) is 11.4. The van der Waals surface area contributed by atoms with Crippen LogP contribution in [-0.4, -0.2) is 53.6 Å². The lowest BCUT2D eigenvalue weighted by atomic mass is 10.1. The molecule has 0 atom stereocenters. The molecule has 1 aromatic rings. The summed E-state index contributed by atoms with van der Waals surface area (Å²) in [5, 5.41) is 3.28. The standard InChI is InChI=1S/C13H20N4O2/c1-3-19-12(18)11-4-7-14-13(16-11)15-10-5-8-17(2)9-6-10/h4,7,10H,3,5-6,8-9H2,1-2H3,(H,14,15,16). The molecule has 104 valence electrons. The van der Waals surface area contributed by atoms with Crippen LogP contribution in [0.2, 0.25) is 0 Å². The molecule has 0 saturated carbocycles. The summed E-state index contributed by atoms with van der Waals surface area (Å²) in [4.78, 5) is 22.2. The van der Waals surface area contributed by atoms with Crippen molar-refractivity contribution in [2.45, 2.75) is 25.8 Å². The fourth-order valence-corrected chi connectivity index (χ4v) is 2.08. The Morgan fingerprint density at radius 1 is 1.53 bits per heavy atom. The number of carbonyl (C=O) groups is 1. The lowest BCUT2D eigenvalue weighted by Crippen LogP contribution is -2.37. The van der Waals surface area contributed by atoms with E-state index in [2.05, 4.69) is 27.2 Å². The Hall–Kier alpha value is -1.69. The van der Waals surface area contributed by atoms with Crippen molar-refractivity contribution in [3.63, 3.8) is 0 Å². The Morgan fingerprint density at radius 2 is 2.26 bits per heavy atom. The smallest absolute Gasteiger partial charge is 0.357 e. The molecule has 0 aromatic carbocycles. The number of anilines is 1. The molecule has 0 spiro atoms. The third-order valence-corrected chi connectivity index (χ3v) is 3.19. The lowest BCUT2D eigenvalue weighted by Gasteiger charge is -2.29. The average Bonchev–Trinajstić information content (AvgIpc) is 2.42. The maximum Gasteiger partial charge on any atom is 0.357 e. The van der Waals surface area contributed by atoms with Crippen molar-refractivity contribution in [3.05, 3.63) is 18.0 Å². The molecular weight excluding hydrogens is 244 g/mol. The minimum atomic E-state index is -0.406. The van der Waals surface area contributed by atoms with E-state index >= 15 is 0 Å². The van der Waals surface area contributed by atoms with Gasteiger partial charge in [-0.2, -0.15) is 0 Å². The van der Waals surface area contributed by atoms with Gasteiger partial charge in [0.15, 0.2) is 5.69 Å². The summed E-state index contributed by atoms with van der Waals surface area (Å²) >= 11 is 0. The van der Waals surface area contributed by atoms with E-state index in [1.54, 1.807) is 19.2 Å². The van der Waals surface area contributed by atoms with Crippen LogP contribution >= 0.6 is 0 Å². The topological polar surface area (TPSA) is 67.3 Å². The van der Waals surface area contributed by atoms with E-state index < -0.39 is 5.97 Å². The molecule has 6 heteroatoms. The highest BCUT2D eigenvalue weighted by atomic mass is 16.5. The number of hydrogen-bond donors (Lipinski definition) is 1. The van der Waals surface area contributed by atoms with E-state index in [4.69, 9.17) is 4.74 Å². The van der Waals surface area contributed by atoms with Crippen LogP contribution in [0.25, 0.3) is 0 Å². The summed E-state index contributed by atoms with van der Waals surface area (Å²) < 4.78 is 4.92. The molecule has 1 aliphatic rings. The number of nitrogens with one attached hydrogen (secondary N) is 1. The van der Waals surface area contributed by atoms with Crippen LogP contribution in [0.5, 0.6) is 0 Å². The van der Waals surface area contributed by atoms with Crippen molar-refractivity contribution in [1.82, 2.24) is 14.9 Å². The van der Waals surface area contributed by atoms with Gasteiger partial charge in [-0.3, -0.25) is 0 Å².